The lowest BCUT2D eigenvalue weighted by molar-refractivity contribution is 0.531. The van der Waals surface area contributed by atoms with Crippen LogP contribution in [-0.4, -0.2) is 13.1 Å². The lowest BCUT2D eigenvalue weighted by Crippen LogP contribution is -2.23. The van der Waals surface area contributed by atoms with Gasteiger partial charge in [-0.1, -0.05) is 47.1 Å². The number of halogens is 3. The Morgan fingerprint density at radius 1 is 1.10 bits per heavy atom. The molecule has 0 aliphatic carbocycles. The highest BCUT2D eigenvalue weighted by molar-refractivity contribution is 9.10. The zero-order valence-corrected chi connectivity index (χ0v) is 13.5. The molecule has 2 aromatic carbocycles. The van der Waals surface area contributed by atoms with Crippen molar-refractivity contribution in [3.8, 4) is 0 Å². The van der Waals surface area contributed by atoms with Gasteiger partial charge in [0.15, 0.2) is 0 Å². The standard InChI is InChI=1S/C17H18BrF2N/c1-2-21-11-13(15-5-3-4-6-16(15)19)9-12-7-8-14(18)10-17(12)20/h3-8,10,13,21H,2,9,11H2,1H3. The van der Waals surface area contributed by atoms with Crippen molar-refractivity contribution in [3.63, 3.8) is 0 Å². The van der Waals surface area contributed by atoms with Crippen LogP contribution in [0.25, 0.3) is 0 Å². The molecule has 0 saturated carbocycles. The van der Waals surface area contributed by atoms with E-state index in [1.807, 2.05) is 19.1 Å². The normalized spacial score (nSPS) is 12.4. The second kappa shape index (κ2) is 7.66. The topological polar surface area (TPSA) is 12.0 Å². The molecule has 1 N–H and O–H groups in total. The van der Waals surface area contributed by atoms with E-state index in [1.165, 1.54) is 12.1 Å². The largest absolute Gasteiger partial charge is 0.316 e. The third kappa shape index (κ3) is 4.35. The maximum absolute atomic E-state index is 14.0. The predicted molar refractivity (Wildman–Crippen MR) is 85.5 cm³/mol. The number of benzene rings is 2. The summed E-state index contributed by atoms with van der Waals surface area (Å²) in [6, 6.07) is 11.7. The van der Waals surface area contributed by atoms with Crippen LogP contribution in [0.15, 0.2) is 46.9 Å². The molecule has 112 valence electrons. The number of hydrogen-bond donors (Lipinski definition) is 1. The zero-order chi connectivity index (χ0) is 15.2. The average Bonchev–Trinajstić information content (AvgIpc) is 2.46. The minimum absolute atomic E-state index is 0.0955. The van der Waals surface area contributed by atoms with Gasteiger partial charge in [-0.2, -0.15) is 0 Å². The van der Waals surface area contributed by atoms with E-state index in [4.69, 9.17) is 0 Å². The number of rotatable bonds is 6. The Balaban J connectivity index is 2.26. The Hall–Kier alpha value is -1.26. The number of hydrogen-bond acceptors (Lipinski definition) is 1. The molecule has 1 atom stereocenters. The van der Waals surface area contributed by atoms with Gasteiger partial charge >= 0.3 is 0 Å². The minimum Gasteiger partial charge on any atom is -0.316 e. The SMILES string of the molecule is CCNCC(Cc1ccc(Br)cc1F)c1ccccc1F. The number of likely N-dealkylation sites (N-methyl/N-ethyl adjacent to an activating group) is 1. The molecule has 2 rings (SSSR count). The Morgan fingerprint density at radius 2 is 1.86 bits per heavy atom. The lowest BCUT2D eigenvalue weighted by atomic mass is 9.91. The van der Waals surface area contributed by atoms with Crippen LogP contribution >= 0.6 is 15.9 Å². The molecular weight excluding hydrogens is 336 g/mol. The summed E-state index contributed by atoms with van der Waals surface area (Å²) in [4.78, 5) is 0. The van der Waals surface area contributed by atoms with Gasteiger partial charge < -0.3 is 5.32 Å². The average molecular weight is 354 g/mol. The lowest BCUT2D eigenvalue weighted by Gasteiger charge is -2.19. The van der Waals surface area contributed by atoms with Gasteiger partial charge in [-0.25, -0.2) is 8.78 Å². The first kappa shape index (κ1) is 16.1. The Labute approximate surface area is 132 Å². The van der Waals surface area contributed by atoms with Gasteiger partial charge in [0.05, 0.1) is 0 Å². The molecule has 0 aliphatic heterocycles. The second-order valence-corrected chi connectivity index (χ2v) is 5.88. The van der Waals surface area contributed by atoms with Crippen LogP contribution < -0.4 is 5.32 Å². The summed E-state index contributed by atoms with van der Waals surface area (Å²) in [5.74, 6) is -0.595. The summed E-state index contributed by atoms with van der Waals surface area (Å²) in [6.07, 6.45) is 0.465. The van der Waals surface area contributed by atoms with Crippen molar-refractivity contribution in [2.45, 2.75) is 19.3 Å². The van der Waals surface area contributed by atoms with E-state index in [2.05, 4.69) is 21.2 Å². The van der Waals surface area contributed by atoms with Gasteiger partial charge in [0.2, 0.25) is 0 Å². The van der Waals surface area contributed by atoms with Crippen LogP contribution in [-0.2, 0) is 6.42 Å². The summed E-state index contributed by atoms with van der Waals surface area (Å²) in [7, 11) is 0. The molecule has 0 amide bonds. The Bertz CT molecular complexity index is 601. The van der Waals surface area contributed by atoms with Gasteiger partial charge in [0.25, 0.3) is 0 Å². The van der Waals surface area contributed by atoms with Gasteiger partial charge in [0, 0.05) is 16.9 Å². The second-order valence-electron chi connectivity index (χ2n) is 4.97. The zero-order valence-electron chi connectivity index (χ0n) is 11.9. The summed E-state index contributed by atoms with van der Waals surface area (Å²) < 4.78 is 28.7. The fourth-order valence-corrected chi connectivity index (χ4v) is 2.70. The first-order valence-corrected chi connectivity index (χ1v) is 7.80. The van der Waals surface area contributed by atoms with Crippen LogP contribution in [0.3, 0.4) is 0 Å². The third-order valence-corrected chi connectivity index (χ3v) is 3.96. The first-order valence-electron chi connectivity index (χ1n) is 7.01. The summed E-state index contributed by atoms with van der Waals surface area (Å²) in [6.45, 7) is 3.42. The van der Waals surface area contributed by atoms with E-state index in [-0.39, 0.29) is 17.6 Å². The van der Waals surface area contributed by atoms with Crippen LogP contribution in [0.4, 0.5) is 8.78 Å². The monoisotopic (exact) mass is 353 g/mol. The van der Waals surface area contributed by atoms with Crippen molar-refractivity contribution in [2.75, 3.05) is 13.1 Å². The summed E-state index contributed by atoms with van der Waals surface area (Å²) >= 11 is 3.25. The van der Waals surface area contributed by atoms with Crippen LogP contribution in [0.2, 0.25) is 0 Å². The third-order valence-electron chi connectivity index (χ3n) is 3.47. The van der Waals surface area contributed by atoms with E-state index in [1.54, 1.807) is 18.2 Å². The van der Waals surface area contributed by atoms with Crippen LogP contribution in [0, 0.1) is 11.6 Å². The highest BCUT2D eigenvalue weighted by Crippen LogP contribution is 2.25. The molecular formula is C17H18BrF2N. The van der Waals surface area contributed by atoms with E-state index in [0.717, 1.165) is 6.54 Å². The molecule has 4 heteroatoms. The molecule has 0 saturated heterocycles. The Kier molecular flexibility index (Phi) is 5.88. The summed E-state index contributed by atoms with van der Waals surface area (Å²) in [5.41, 5.74) is 1.23. The molecule has 0 radical (unpaired) electrons. The highest BCUT2D eigenvalue weighted by atomic mass is 79.9. The fourth-order valence-electron chi connectivity index (χ4n) is 2.37. The molecule has 0 aliphatic rings. The molecule has 2 aromatic rings. The van der Waals surface area contributed by atoms with Crippen molar-refractivity contribution < 1.29 is 8.78 Å². The summed E-state index contributed by atoms with van der Waals surface area (Å²) in [5, 5.41) is 3.23. The van der Waals surface area contributed by atoms with Gasteiger partial charge in [-0.05, 0) is 42.3 Å². The fraction of sp³-hybridized carbons (Fsp3) is 0.294. The first-order chi connectivity index (χ1) is 10.1. The molecule has 1 unspecified atom stereocenters. The van der Waals surface area contributed by atoms with Crippen LogP contribution in [0.5, 0.6) is 0 Å². The number of nitrogens with one attached hydrogen (secondary N) is 1. The maximum Gasteiger partial charge on any atom is 0.127 e. The van der Waals surface area contributed by atoms with E-state index < -0.39 is 0 Å². The molecule has 0 bridgehead atoms. The highest BCUT2D eigenvalue weighted by Gasteiger charge is 2.17. The van der Waals surface area contributed by atoms with Gasteiger partial charge in [0.1, 0.15) is 11.6 Å². The van der Waals surface area contributed by atoms with E-state index in [9.17, 15) is 8.78 Å². The predicted octanol–water partition coefficient (Wildman–Crippen LogP) is 4.66. The molecule has 1 nitrogen and oxygen atoms in total. The van der Waals surface area contributed by atoms with E-state index in [0.29, 0.717) is 28.6 Å². The van der Waals surface area contributed by atoms with Crippen molar-refractivity contribution in [1.82, 2.24) is 5.32 Å². The van der Waals surface area contributed by atoms with Crippen molar-refractivity contribution in [3.05, 3.63) is 69.7 Å². The maximum atomic E-state index is 14.0. The molecule has 0 spiro atoms. The van der Waals surface area contributed by atoms with Crippen LogP contribution in [0.1, 0.15) is 24.0 Å². The van der Waals surface area contributed by atoms with Crippen molar-refractivity contribution >= 4 is 15.9 Å². The van der Waals surface area contributed by atoms with Crippen molar-refractivity contribution in [2.24, 2.45) is 0 Å². The van der Waals surface area contributed by atoms with E-state index >= 15 is 0 Å². The molecule has 0 fully saturated rings. The van der Waals surface area contributed by atoms with Crippen molar-refractivity contribution in [1.29, 1.82) is 0 Å². The minimum atomic E-state index is -0.262. The quantitative estimate of drug-likeness (QED) is 0.795. The smallest absolute Gasteiger partial charge is 0.127 e. The Morgan fingerprint density at radius 3 is 2.52 bits per heavy atom. The van der Waals surface area contributed by atoms with Gasteiger partial charge in [-0.15, -0.1) is 0 Å². The van der Waals surface area contributed by atoms with Gasteiger partial charge in [-0.3, -0.25) is 0 Å². The molecule has 0 aromatic heterocycles. The molecule has 21 heavy (non-hydrogen) atoms. The molecule has 0 heterocycles.